The summed E-state index contributed by atoms with van der Waals surface area (Å²) in [5.41, 5.74) is 0. The van der Waals surface area contributed by atoms with Crippen LogP contribution in [0.15, 0.2) is 22.9 Å². The third-order valence-corrected chi connectivity index (χ3v) is 2.74. The van der Waals surface area contributed by atoms with E-state index in [-0.39, 0.29) is 12.4 Å². The molecule has 1 aromatic rings. The Morgan fingerprint density at radius 2 is 2.21 bits per heavy atom. The number of sulfone groups is 1. The number of halogens is 1. The van der Waals surface area contributed by atoms with Crippen molar-refractivity contribution in [3.05, 3.63) is 22.9 Å². The number of nitrogens with zero attached hydrogens (tertiary/aromatic N) is 1. The third-order valence-electron chi connectivity index (χ3n) is 1.40. The molecule has 0 radical (unpaired) electrons. The lowest BCUT2D eigenvalue weighted by molar-refractivity contribution is 0.339. The van der Waals surface area contributed by atoms with E-state index in [9.17, 15) is 8.42 Å². The molecular weight excluding hydrogens is 270 g/mol. The van der Waals surface area contributed by atoms with Crippen LogP contribution in [0.2, 0.25) is 0 Å². The van der Waals surface area contributed by atoms with E-state index >= 15 is 0 Å². The number of rotatable bonds is 4. The average Bonchev–Trinajstić information content (AvgIpc) is 2.01. The topological polar surface area (TPSA) is 56.3 Å². The first-order valence-corrected chi connectivity index (χ1v) is 6.74. The van der Waals surface area contributed by atoms with Crippen molar-refractivity contribution in [2.75, 3.05) is 18.6 Å². The second-order valence-corrected chi connectivity index (χ2v) is 5.99. The fourth-order valence-electron chi connectivity index (χ4n) is 0.782. The second kappa shape index (κ2) is 4.75. The number of ether oxygens (including phenoxy) is 1. The Bertz CT molecular complexity index is 405. The quantitative estimate of drug-likeness (QED) is 0.833. The molecule has 1 heterocycles. The zero-order valence-electron chi connectivity index (χ0n) is 7.60. The number of hydrogen-bond acceptors (Lipinski definition) is 4. The van der Waals surface area contributed by atoms with E-state index in [0.29, 0.717) is 5.75 Å². The van der Waals surface area contributed by atoms with Gasteiger partial charge in [-0.05, 0) is 22.0 Å². The molecule has 1 aromatic heterocycles. The van der Waals surface area contributed by atoms with Crippen LogP contribution in [0.5, 0.6) is 5.75 Å². The fraction of sp³-hybridized carbons (Fsp3) is 0.375. The van der Waals surface area contributed by atoms with Crippen molar-refractivity contribution >= 4 is 25.8 Å². The van der Waals surface area contributed by atoms with Gasteiger partial charge in [-0.3, -0.25) is 4.98 Å². The first-order valence-electron chi connectivity index (χ1n) is 3.88. The Balaban J connectivity index is 2.47. The molecule has 0 unspecified atom stereocenters. The van der Waals surface area contributed by atoms with Crippen LogP contribution < -0.4 is 4.74 Å². The molecule has 0 aromatic carbocycles. The summed E-state index contributed by atoms with van der Waals surface area (Å²) in [7, 11) is -2.96. The van der Waals surface area contributed by atoms with Crippen LogP contribution in [0.3, 0.4) is 0 Å². The lowest BCUT2D eigenvalue weighted by Crippen LogP contribution is -2.12. The molecule has 0 bridgehead atoms. The molecule has 0 amide bonds. The van der Waals surface area contributed by atoms with Gasteiger partial charge in [0, 0.05) is 16.9 Å². The van der Waals surface area contributed by atoms with Gasteiger partial charge < -0.3 is 4.74 Å². The zero-order chi connectivity index (χ0) is 10.6. The minimum atomic E-state index is -2.96. The summed E-state index contributed by atoms with van der Waals surface area (Å²) in [6.07, 6.45) is 4.34. The lowest BCUT2D eigenvalue weighted by Gasteiger charge is -2.04. The number of hydrogen-bond donors (Lipinski definition) is 0. The van der Waals surface area contributed by atoms with E-state index < -0.39 is 9.84 Å². The van der Waals surface area contributed by atoms with Crippen LogP contribution in [-0.2, 0) is 9.84 Å². The Hall–Kier alpha value is -0.620. The summed E-state index contributed by atoms with van der Waals surface area (Å²) >= 11 is 3.23. The van der Waals surface area contributed by atoms with Crippen molar-refractivity contribution in [1.29, 1.82) is 0 Å². The van der Waals surface area contributed by atoms with Crippen molar-refractivity contribution < 1.29 is 13.2 Å². The van der Waals surface area contributed by atoms with Crippen LogP contribution >= 0.6 is 15.9 Å². The van der Waals surface area contributed by atoms with Gasteiger partial charge in [-0.2, -0.15) is 0 Å². The van der Waals surface area contributed by atoms with Gasteiger partial charge in [0.25, 0.3) is 0 Å². The maximum Gasteiger partial charge on any atom is 0.150 e. The molecule has 4 nitrogen and oxygen atoms in total. The predicted octanol–water partition coefficient (Wildman–Crippen LogP) is 1.27. The van der Waals surface area contributed by atoms with Crippen LogP contribution in [0.1, 0.15) is 0 Å². The van der Waals surface area contributed by atoms with Crippen molar-refractivity contribution in [3.8, 4) is 5.75 Å². The zero-order valence-corrected chi connectivity index (χ0v) is 10.0. The summed E-state index contributed by atoms with van der Waals surface area (Å²) in [6, 6.07) is 1.73. The smallest absolute Gasteiger partial charge is 0.150 e. The average molecular weight is 280 g/mol. The molecule has 1 rings (SSSR count). The summed E-state index contributed by atoms with van der Waals surface area (Å²) < 4.78 is 27.6. The number of aromatic nitrogens is 1. The van der Waals surface area contributed by atoms with Crippen molar-refractivity contribution in [2.24, 2.45) is 0 Å². The molecule has 0 aliphatic heterocycles. The second-order valence-electron chi connectivity index (χ2n) is 2.82. The van der Waals surface area contributed by atoms with E-state index in [2.05, 4.69) is 20.9 Å². The maximum absolute atomic E-state index is 10.8. The van der Waals surface area contributed by atoms with E-state index in [1.165, 1.54) is 12.5 Å². The maximum atomic E-state index is 10.8. The SMILES string of the molecule is CS(=O)(=O)CCOc1cncc(Br)c1. The van der Waals surface area contributed by atoms with Gasteiger partial charge in [0.1, 0.15) is 12.4 Å². The van der Waals surface area contributed by atoms with Gasteiger partial charge in [0.05, 0.1) is 11.9 Å². The summed E-state index contributed by atoms with van der Waals surface area (Å²) in [4.78, 5) is 3.88. The first-order chi connectivity index (χ1) is 6.47. The lowest BCUT2D eigenvalue weighted by atomic mass is 10.5. The fourth-order valence-corrected chi connectivity index (χ4v) is 1.51. The van der Waals surface area contributed by atoms with Crippen molar-refractivity contribution in [1.82, 2.24) is 4.98 Å². The third kappa shape index (κ3) is 4.57. The summed E-state index contributed by atoms with van der Waals surface area (Å²) in [5, 5.41) is 0. The van der Waals surface area contributed by atoms with E-state index in [4.69, 9.17) is 4.74 Å². The Labute approximate surface area is 91.4 Å². The molecule has 0 saturated carbocycles. The minimum absolute atomic E-state index is 0.0134. The molecule has 0 spiro atoms. The Kier molecular flexibility index (Phi) is 3.88. The molecule has 0 aliphatic rings. The molecule has 0 fully saturated rings. The highest BCUT2D eigenvalue weighted by atomic mass is 79.9. The molecule has 0 saturated heterocycles. The molecule has 14 heavy (non-hydrogen) atoms. The van der Waals surface area contributed by atoms with Gasteiger partial charge in [-0.1, -0.05) is 0 Å². The van der Waals surface area contributed by atoms with E-state index in [1.807, 2.05) is 0 Å². The Morgan fingerprint density at radius 3 is 2.79 bits per heavy atom. The molecule has 0 N–H and O–H groups in total. The Morgan fingerprint density at radius 1 is 1.50 bits per heavy atom. The number of pyridine rings is 1. The van der Waals surface area contributed by atoms with Crippen LogP contribution in [-0.4, -0.2) is 32.0 Å². The largest absolute Gasteiger partial charge is 0.491 e. The van der Waals surface area contributed by atoms with Crippen molar-refractivity contribution in [3.63, 3.8) is 0 Å². The van der Waals surface area contributed by atoms with Crippen molar-refractivity contribution in [2.45, 2.75) is 0 Å². The van der Waals surface area contributed by atoms with Gasteiger partial charge in [-0.15, -0.1) is 0 Å². The molecular formula is C8H10BrNO3S. The van der Waals surface area contributed by atoms with Crippen LogP contribution in [0.25, 0.3) is 0 Å². The van der Waals surface area contributed by atoms with Crippen LogP contribution in [0, 0.1) is 0 Å². The van der Waals surface area contributed by atoms with Gasteiger partial charge >= 0.3 is 0 Å². The van der Waals surface area contributed by atoms with E-state index in [1.54, 1.807) is 12.3 Å². The normalized spacial score (nSPS) is 11.3. The van der Waals surface area contributed by atoms with Gasteiger partial charge in [0.15, 0.2) is 9.84 Å². The van der Waals surface area contributed by atoms with Gasteiger partial charge in [-0.25, -0.2) is 8.42 Å². The predicted molar refractivity (Wildman–Crippen MR) is 57.1 cm³/mol. The highest BCUT2D eigenvalue weighted by molar-refractivity contribution is 9.10. The van der Waals surface area contributed by atoms with Gasteiger partial charge in [0.2, 0.25) is 0 Å². The molecule has 0 aliphatic carbocycles. The molecule has 0 atom stereocenters. The van der Waals surface area contributed by atoms with Crippen LogP contribution in [0.4, 0.5) is 0 Å². The summed E-state index contributed by atoms with van der Waals surface area (Å²) in [6.45, 7) is 0.150. The van der Waals surface area contributed by atoms with E-state index in [0.717, 1.165) is 4.47 Å². The highest BCUT2D eigenvalue weighted by Gasteiger charge is 2.02. The first kappa shape index (κ1) is 11.5. The summed E-state index contributed by atoms with van der Waals surface area (Å²) in [5.74, 6) is 0.572. The highest BCUT2D eigenvalue weighted by Crippen LogP contribution is 2.15. The standard InChI is InChI=1S/C8H10BrNO3S/c1-14(11,12)3-2-13-8-4-7(9)5-10-6-8/h4-6H,2-3H2,1H3. The monoisotopic (exact) mass is 279 g/mol. The minimum Gasteiger partial charge on any atom is -0.491 e. The molecule has 6 heteroatoms. The molecule has 78 valence electrons.